The summed E-state index contributed by atoms with van der Waals surface area (Å²) in [6.07, 6.45) is 1.67. The number of nitrogens with zero attached hydrogens (tertiary/aromatic N) is 1. The van der Waals surface area contributed by atoms with E-state index in [2.05, 4.69) is 15.6 Å². The van der Waals surface area contributed by atoms with Gasteiger partial charge in [-0.05, 0) is 42.0 Å². The van der Waals surface area contributed by atoms with Gasteiger partial charge in [-0.3, -0.25) is 0 Å². The fourth-order valence-electron chi connectivity index (χ4n) is 2.17. The SMILES string of the molecule is O=C(NCc1cccc(Oc2ccccn2)c1)Nc1cccc(Cl)c1. The zero-order valence-electron chi connectivity index (χ0n) is 13.3. The number of hydrogen-bond acceptors (Lipinski definition) is 3. The molecule has 0 bridgehead atoms. The predicted octanol–water partition coefficient (Wildman–Crippen LogP) is 4.85. The smallest absolute Gasteiger partial charge is 0.319 e. The molecule has 0 saturated carbocycles. The largest absolute Gasteiger partial charge is 0.439 e. The standard InChI is InChI=1S/C19H16ClN3O2/c20-15-6-4-7-16(12-15)23-19(24)22-13-14-5-3-8-17(11-14)25-18-9-1-2-10-21-18/h1-12H,13H2,(H2,22,23,24). The molecule has 25 heavy (non-hydrogen) atoms. The number of halogens is 1. The molecule has 0 aliphatic rings. The van der Waals surface area contributed by atoms with Crippen LogP contribution in [0.3, 0.4) is 0 Å². The lowest BCUT2D eigenvalue weighted by Crippen LogP contribution is -2.28. The van der Waals surface area contributed by atoms with Crippen molar-refractivity contribution in [1.29, 1.82) is 0 Å². The molecular weight excluding hydrogens is 338 g/mol. The summed E-state index contributed by atoms with van der Waals surface area (Å²) in [7, 11) is 0. The van der Waals surface area contributed by atoms with Crippen molar-refractivity contribution >= 4 is 23.3 Å². The minimum Gasteiger partial charge on any atom is -0.439 e. The highest BCUT2D eigenvalue weighted by atomic mass is 35.5. The molecule has 0 spiro atoms. The summed E-state index contributed by atoms with van der Waals surface area (Å²) in [5.41, 5.74) is 1.55. The van der Waals surface area contributed by atoms with Crippen molar-refractivity contribution in [3.8, 4) is 11.6 Å². The number of amides is 2. The van der Waals surface area contributed by atoms with Crippen LogP contribution in [0.15, 0.2) is 72.9 Å². The molecule has 3 rings (SSSR count). The van der Waals surface area contributed by atoms with Crippen LogP contribution in [0.2, 0.25) is 5.02 Å². The maximum absolute atomic E-state index is 12.0. The topological polar surface area (TPSA) is 63.2 Å². The average molecular weight is 354 g/mol. The van der Waals surface area contributed by atoms with E-state index in [-0.39, 0.29) is 6.03 Å². The number of ether oxygens (including phenoxy) is 1. The Morgan fingerprint density at radius 3 is 2.72 bits per heavy atom. The Labute approximate surface area is 150 Å². The summed E-state index contributed by atoms with van der Waals surface area (Å²) in [4.78, 5) is 16.1. The van der Waals surface area contributed by atoms with Crippen LogP contribution in [0.1, 0.15) is 5.56 Å². The summed E-state index contributed by atoms with van der Waals surface area (Å²) < 4.78 is 5.68. The van der Waals surface area contributed by atoms with E-state index in [1.165, 1.54) is 0 Å². The predicted molar refractivity (Wildman–Crippen MR) is 98.1 cm³/mol. The number of carbonyl (C=O) groups excluding carboxylic acids is 1. The normalized spacial score (nSPS) is 10.1. The lowest BCUT2D eigenvalue weighted by Gasteiger charge is -2.09. The second-order valence-electron chi connectivity index (χ2n) is 5.24. The Kier molecular flexibility index (Phi) is 5.49. The lowest BCUT2D eigenvalue weighted by molar-refractivity contribution is 0.251. The Bertz CT molecular complexity index is 856. The van der Waals surface area contributed by atoms with E-state index in [0.717, 1.165) is 5.56 Å². The quantitative estimate of drug-likeness (QED) is 0.689. The number of benzene rings is 2. The summed E-state index contributed by atoms with van der Waals surface area (Å²) in [5.74, 6) is 1.18. The number of aromatic nitrogens is 1. The molecule has 3 aromatic rings. The van der Waals surface area contributed by atoms with E-state index in [9.17, 15) is 4.79 Å². The Morgan fingerprint density at radius 1 is 1.04 bits per heavy atom. The van der Waals surface area contributed by atoms with Crippen molar-refractivity contribution in [3.63, 3.8) is 0 Å². The molecule has 1 aromatic heterocycles. The van der Waals surface area contributed by atoms with Crippen LogP contribution >= 0.6 is 11.6 Å². The van der Waals surface area contributed by atoms with Gasteiger partial charge in [-0.2, -0.15) is 0 Å². The first kappa shape index (κ1) is 16.8. The van der Waals surface area contributed by atoms with E-state index in [4.69, 9.17) is 16.3 Å². The molecule has 5 nitrogen and oxygen atoms in total. The van der Waals surface area contributed by atoms with Gasteiger partial charge in [-0.1, -0.05) is 35.9 Å². The van der Waals surface area contributed by atoms with E-state index in [0.29, 0.717) is 28.9 Å². The van der Waals surface area contributed by atoms with Crippen molar-refractivity contribution in [2.75, 3.05) is 5.32 Å². The van der Waals surface area contributed by atoms with Crippen LogP contribution in [0.5, 0.6) is 11.6 Å². The van der Waals surface area contributed by atoms with E-state index >= 15 is 0 Å². The Morgan fingerprint density at radius 2 is 1.92 bits per heavy atom. The number of urea groups is 1. The maximum atomic E-state index is 12.0. The molecule has 0 radical (unpaired) electrons. The molecule has 0 unspecified atom stereocenters. The Hall–Kier alpha value is -3.05. The summed E-state index contributed by atoms with van der Waals surface area (Å²) >= 11 is 5.89. The van der Waals surface area contributed by atoms with Crippen LogP contribution < -0.4 is 15.4 Å². The van der Waals surface area contributed by atoms with Gasteiger partial charge in [-0.25, -0.2) is 9.78 Å². The molecule has 0 aliphatic heterocycles. The number of nitrogens with one attached hydrogen (secondary N) is 2. The maximum Gasteiger partial charge on any atom is 0.319 e. The van der Waals surface area contributed by atoms with Gasteiger partial charge in [0.15, 0.2) is 0 Å². The highest BCUT2D eigenvalue weighted by molar-refractivity contribution is 6.30. The van der Waals surface area contributed by atoms with Crippen LogP contribution in [-0.2, 0) is 6.54 Å². The van der Waals surface area contributed by atoms with Crippen LogP contribution in [-0.4, -0.2) is 11.0 Å². The molecule has 0 atom stereocenters. The first-order valence-corrected chi connectivity index (χ1v) is 8.05. The van der Waals surface area contributed by atoms with Gasteiger partial charge < -0.3 is 15.4 Å². The van der Waals surface area contributed by atoms with Crippen LogP contribution in [0.25, 0.3) is 0 Å². The second kappa shape index (κ2) is 8.17. The number of hydrogen-bond donors (Lipinski definition) is 2. The number of anilines is 1. The van der Waals surface area contributed by atoms with Crippen molar-refractivity contribution < 1.29 is 9.53 Å². The first-order valence-electron chi connectivity index (χ1n) is 7.67. The molecule has 6 heteroatoms. The molecular formula is C19H16ClN3O2. The van der Waals surface area contributed by atoms with Crippen molar-refractivity contribution in [2.45, 2.75) is 6.54 Å². The zero-order chi connectivity index (χ0) is 17.5. The fourth-order valence-corrected chi connectivity index (χ4v) is 2.36. The average Bonchev–Trinajstić information content (AvgIpc) is 2.61. The van der Waals surface area contributed by atoms with Gasteiger partial charge in [0.05, 0.1) is 0 Å². The van der Waals surface area contributed by atoms with Gasteiger partial charge >= 0.3 is 6.03 Å². The third-order valence-electron chi connectivity index (χ3n) is 3.29. The molecule has 126 valence electrons. The highest BCUT2D eigenvalue weighted by Crippen LogP contribution is 2.20. The van der Waals surface area contributed by atoms with Gasteiger partial charge in [0.1, 0.15) is 5.75 Å². The number of carbonyl (C=O) groups is 1. The van der Waals surface area contributed by atoms with Gasteiger partial charge in [0, 0.05) is 29.5 Å². The number of pyridine rings is 1. The third-order valence-corrected chi connectivity index (χ3v) is 3.53. The summed E-state index contributed by atoms with van der Waals surface area (Å²) in [6.45, 7) is 0.367. The van der Waals surface area contributed by atoms with E-state index < -0.39 is 0 Å². The molecule has 0 saturated heterocycles. The minimum absolute atomic E-state index is 0.307. The second-order valence-corrected chi connectivity index (χ2v) is 5.67. The molecule has 2 amide bonds. The lowest BCUT2D eigenvalue weighted by atomic mass is 10.2. The molecule has 0 aliphatic carbocycles. The van der Waals surface area contributed by atoms with Crippen LogP contribution in [0, 0.1) is 0 Å². The molecule has 1 heterocycles. The highest BCUT2D eigenvalue weighted by Gasteiger charge is 2.04. The molecule has 2 N–H and O–H groups in total. The first-order chi connectivity index (χ1) is 12.2. The zero-order valence-corrected chi connectivity index (χ0v) is 14.0. The Balaban J connectivity index is 1.56. The summed E-state index contributed by atoms with van der Waals surface area (Å²) in [5, 5.41) is 6.09. The minimum atomic E-state index is -0.307. The van der Waals surface area contributed by atoms with E-state index in [1.54, 1.807) is 36.5 Å². The monoisotopic (exact) mass is 353 g/mol. The van der Waals surface area contributed by atoms with E-state index in [1.807, 2.05) is 36.4 Å². The van der Waals surface area contributed by atoms with Gasteiger partial charge in [0.2, 0.25) is 5.88 Å². The fraction of sp³-hybridized carbons (Fsp3) is 0.0526. The van der Waals surface area contributed by atoms with Crippen molar-refractivity contribution in [1.82, 2.24) is 10.3 Å². The van der Waals surface area contributed by atoms with Crippen molar-refractivity contribution in [2.24, 2.45) is 0 Å². The van der Waals surface area contributed by atoms with Gasteiger partial charge in [-0.15, -0.1) is 0 Å². The molecule has 2 aromatic carbocycles. The third kappa shape index (κ3) is 5.22. The number of rotatable bonds is 5. The van der Waals surface area contributed by atoms with Crippen LogP contribution in [0.4, 0.5) is 10.5 Å². The summed E-state index contributed by atoms with van der Waals surface area (Å²) in [6, 6.07) is 19.6. The van der Waals surface area contributed by atoms with Gasteiger partial charge in [0.25, 0.3) is 0 Å². The molecule has 0 fully saturated rings. The van der Waals surface area contributed by atoms with Crippen molar-refractivity contribution in [3.05, 3.63) is 83.5 Å².